The number of ether oxygens (including phenoxy) is 1. The maximum atomic E-state index is 13.7. The Bertz CT molecular complexity index is 1390. The molecule has 8 heteroatoms. The van der Waals surface area contributed by atoms with E-state index in [1.54, 1.807) is 23.1 Å². The van der Waals surface area contributed by atoms with Gasteiger partial charge in [-0.05, 0) is 0 Å². The Kier molecular flexibility index (Phi) is 8.48. The van der Waals surface area contributed by atoms with Crippen LogP contribution in [-0.4, -0.2) is 68.1 Å². The van der Waals surface area contributed by atoms with Crippen molar-refractivity contribution in [2.45, 2.75) is 44.7 Å². The van der Waals surface area contributed by atoms with Gasteiger partial charge in [0.15, 0.2) is 0 Å². The molecule has 3 aromatic rings. The van der Waals surface area contributed by atoms with Crippen LogP contribution in [0, 0.1) is 5.92 Å². The number of likely N-dealkylation sites (tertiary alicyclic amines) is 1. The van der Waals surface area contributed by atoms with E-state index in [0.29, 0.717) is 29.4 Å². The van der Waals surface area contributed by atoms with Crippen molar-refractivity contribution in [1.82, 2.24) is 10.2 Å². The summed E-state index contributed by atoms with van der Waals surface area (Å²) < 4.78 is 6.36. The number of hydrogen-bond acceptors (Lipinski definition) is 5. The van der Waals surface area contributed by atoms with E-state index in [4.69, 9.17) is 4.74 Å². The van der Waals surface area contributed by atoms with Crippen molar-refractivity contribution in [3.05, 3.63) is 89.5 Å². The third-order valence-corrected chi connectivity index (χ3v) is 9.85. The Morgan fingerprint density at radius 3 is 2.25 bits per heavy atom. The summed E-state index contributed by atoms with van der Waals surface area (Å²) in [6.07, 6.45) is 1.39. The standard InChI is InChI=1S/C32H32N2O5Se/c1-20(2)29(30(36)34-17-9-15-27(34)31(37)40-28-16-8-3-10-21(28)18-35)33-32(38)39-19-26-24-13-6-4-11-22(24)23-12-5-7-14-25(23)26/h3-8,10-14,16,18,20,26-27,29H,9,15,17,19H2,1-2H3,(H,33,38)/t27-,29+/m1/s1. The van der Waals surface area contributed by atoms with Crippen molar-refractivity contribution in [3.63, 3.8) is 0 Å². The molecular formula is C32H32N2O5Se. The number of benzene rings is 3. The van der Waals surface area contributed by atoms with E-state index in [1.807, 2.05) is 44.2 Å². The molecule has 0 aromatic heterocycles. The Labute approximate surface area is 240 Å². The zero-order valence-electron chi connectivity index (χ0n) is 22.5. The second kappa shape index (κ2) is 12.2. The molecule has 2 amide bonds. The molecule has 1 fully saturated rings. The third kappa shape index (κ3) is 5.60. The molecule has 0 unspecified atom stereocenters. The minimum atomic E-state index is -0.821. The number of fused-ring (bicyclic) bond motifs is 3. The van der Waals surface area contributed by atoms with Crippen LogP contribution >= 0.6 is 0 Å². The number of alkyl carbamates (subject to hydrolysis) is 1. The second-order valence-electron chi connectivity index (χ2n) is 10.5. The van der Waals surface area contributed by atoms with Gasteiger partial charge in [-0.15, -0.1) is 0 Å². The molecule has 5 rings (SSSR count). The van der Waals surface area contributed by atoms with E-state index in [9.17, 15) is 19.2 Å². The van der Waals surface area contributed by atoms with Gasteiger partial charge in [-0.2, -0.15) is 0 Å². The Hall–Kier alpha value is -3.74. The first-order valence-corrected chi connectivity index (χ1v) is 15.3. The molecule has 1 N–H and O–H groups in total. The Morgan fingerprint density at radius 2 is 1.60 bits per heavy atom. The van der Waals surface area contributed by atoms with Crippen LogP contribution in [0.1, 0.15) is 54.1 Å². The first-order valence-electron chi connectivity index (χ1n) is 13.6. The van der Waals surface area contributed by atoms with Crippen molar-refractivity contribution >= 4 is 42.4 Å². The molecule has 2 atom stereocenters. The number of rotatable bonds is 9. The fourth-order valence-electron chi connectivity index (χ4n) is 5.58. The van der Waals surface area contributed by atoms with Crippen LogP contribution < -0.4 is 9.78 Å². The predicted octanol–water partition coefficient (Wildman–Crippen LogP) is 3.91. The molecule has 1 aliphatic heterocycles. The van der Waals surface area contributed by atoms with E-state index in [1.165, 1.54) is 0 Å². The van der Waals surface area contributed by atoms with Crippen molar-refractivity contribution in [2.75, 3.05) is 13.2 Å². The van der Waals surface area contributed by atoms with Crippen LogP contribution in [0.4, 0.5) is 4.79 Å². The van der Waals surface area contributed by atoms with E-state index in [2.05, 4.69) is 29.6 Å². The molecule has 0 spiro atoms. The summed E-state index contributed by atoms with van der Waals surface area (Å²) in [5, 5.41) is 2.79. The van der Waals surface area contributed by atoms with Gasteiger partial charge in [-0.3, -0.25) is 0 Å². The molecule has 3 aromatic carbocycles. The molecule has 0 saturated carbocycles. The van der Waals surface area contributed by atoms with Crippen molar-refractivity contribution in [2.24, 2.45) is 5.92 Å². The topological polar surface area (TPSA) is 92.8 Å². The molecule has 206 valence electrons. The normalized spacial score (nSPS) is 16.8. The average molecular weight is 604 g/mol. The summed E-state index contributed by atoms with van der Waals surface area (Å²) in [6, 6.07) is 21.9. The van der Waals surface area contributed by atoms with Gasteiger partial charge in [0, 0.05) is 0 Å². The van der Waals surface area contributed by atoms with Gasteiger partial charge in [0.1, 0.15) is 0 Å². The molecule has 7 nitrogen and oxygen atoms in total. The monoisotopic (exact) mass is 604 g/mol. The molecular weight excluding hydrogens is 571 g/mol. The first-order chi connectivity index (χ1) is 19.4. The van der Waals surface area contributed by atoms with Gasteiger partial charge in [-0.25, -0.2) is 0 Å². The molecule has 0 bridgehead atoms. The van der Waals surface area contributed by atoms with Gasteiger partial charge in [-0.1, -0.05) is 36.4 Å². The number of nitrogens with one attached hydrogen (secondary N) is 1. The number of nitrogens with zero attached hydrogens (tertiary/aromatic N) is 1. The third-order valence-electron chi connectivity index (χ3n) is 7.61. The zero-order chi connectivity index (χ0) is 28.2. The molecule has 1 aliphatic carbocycles. The SMILES string of the molecule is CC(C)[C@H](NC(=O)OCC1c2ccccc2-c2ccccc21)C(=O)N1CCC[C@@H]1C(=O)[Se]c1ccccc1C=O. The Balaban J connectivity index is 1.24. The van der Waals surface area contributed by atoms with Crippen molar-refractivity contribution in [3.8, 4) is 11.1 Å². The van der Waals surface area contributed by atoms with Crippen LogP contribution in [0.3, 0.4) is 0 Å². The number of hydrogen-bond donors (Lipinski definition) is 1. The van der Waals surface area contributed by atoms with E-state index >= 15 is 0 Å². The summed E-state index contributed by atoms with van der Waals surface area (Å²) >= 11 is -0.599. The fourth-order valence-corrected chi connectivity index (χ4v) is 7.63. The van der Waals surface area contributed by atoms with Gasteiger partial charge >= 0.3 is 204 Å². The van der Waals surface area contributed by atoms with Gasteiger partial charge < -0.3 is 0 Å². The van der Waals surface area contributed by atoms with E-state index < -0.39 is 33.1 Å². The average Bonchev–Trinajstić information content (AvgIpc) is 3.58. The van der Waals surface area contributed by atoms with Crippen LogP contribution in [-0.2, 0) is 14.3 Å². The molecule has 2 aliphatic rings. The van der Waals surface area contributed by atoms with Crippen molar-refractivity contribution in [1.29, 1.82) is 0 Å². The molecule has 0 radical (unpaired) electrons. The summed E-state index contributed by atoms with van der Waals surface area (Å²) in [5.41, 5.74) is 5.02. The molecule has 1 heterocycles. The maximum absolute atomic E-state index is 13.7. The number of aldehydes is 1. The van der Waals surface area contributed by atoms with Crippen LogP contribution in [0.15, 0.2) is 72.8 Å². The fraction of sp³-hybridized carbons (Fsp3) is 0.312. The molecule has 1 saturated heterocycles. The van der Waals surface area contributed by atoms with E-state index in [0.717, 1.165) is 28.5 Å². The number of amides is 2. The summed E-state index contributed by atoms with van der Waals surface area (Å²) in [7, 11) is 0. The van der Waals surface area contributed by atoms with Crippen LogP contribution in [0.25, 0.3) is 11.1 Å². The van der Waals surface area contributed by atoms with Gasteiger partial charge in [0.25, 0.3) is 0 Å². The Morgan fingerprint density at radius 1 is 0.975 bits per heavy atom. The van der Waals surface area contributed by atoms with Gasteiger partial charge in [0.2, 0.25) is 0 Å². The number of carbonyl (C=O) groups excluding carboxylic acids is 4. The van der Waals surface area contributed by atoms with Gasteiger partial charge in [0.05, 0.1) is 0 Å². The van der Waals surface area contributed by atoms with Crippen LogP contribution in [0.2, 0.25) is 0 Å². The summed E-state index contributed by atoms with van der Waals surface area (Å²) in [6.45, 7) is 4.34. The second-order valence-corrected chi connectivity index (χ2v) is 12.7. The quantitative estimate of drug-likeness (QED) is 0.296. The minimum absolute atomic E-state index is 0.0451. The first kappa shape index (κ1) is 27.8. The summed E-state index contributed by atoms with van der Waals surface area (Å²) in [4.78, 5) is 52.9. The predicted molar refractivity (Wildman–Crippen MR) is 154 cm³/mol. The molecule has 40 heavy (non-hydrogen) atoms. The summed E-state index contributed by atoms with van der Waals surface area (Å²) in [5.74, 6) is -0.562. The van der Waals surface area contributed by atoms with Crippen molar-refractivity contribution < 1.29 is 23.9 Å². The zero-order valence-corrected chi connectivity index (χ0v) is 24.3. The number of carbonyl (C=O) groups is 4. The van der Waals surface area contributed by atoms with Crippen LogP contribution in [0.5, 0.6) is 0 Å². The van der Waals surface area contributed by atoms with E-state index in [-0.39, 0.29) is 29.0 Å².